The summed E-state index contributed by atoms with van der Waals surface area (Å²) in [5.74, 6) is 0. The summed E-state index contributed by atoms with van der Waals surface area (Å²) in [6.07, 6.45) is 7.79. The van der Waals surface area contributed by atoms with E-state index in [1.165, 1.54) is 43.5 Å². The molecular weight excluding hydrogens is 526 g/mol. The average molecular weight is 550 g/mol. The van der Waals surface area contributed by atoms with Gasteiger partial charge in [0, 0.05) is 73.9 Å². The summed E-state index contributed by atoms with van der Waals surface area (Å²) >= 11 is 0. The zero-order valence-electron chi connectivity index (χ0n) is 23.0. The van der Waals surface area contributed by atoms with Crippen molar-refractivity contribution in [1.29, 1.82) is 0 Å². The van der Waals surface area contributed by atoms with E-state index in [0.717, 1.165) is 38.8 Å². The Morgan fingerprint density at radius 1 is 0.442 bits per heavy atom. The highest BCUT2D eigenvalue weighted by Gasteiger charge is 2.23. The van der Waals surface area contributed by atoms with Crippen LogP contribution in [0.15, 0.2) is 140 Å². The number of benzene rings is 5. The van der Waals surface area contributed by atoms with E-state index >= 15 is 0 Å². The molecule has 5 heteroatoms. The van der Waals surface area contributed by atoms with Gasteiger partial charge in [-0.15, -0.1) is 0 Å². The monoisotopic (exact) mass is 549 g/mol. The fourth-order valence-electron chi connectivity index (χ4n) is 7.28. The number of fused-ring (bicyclic) bond motifs is 14. The van der Waals surface area contributed by atoms with Crippen LogP contribution >= 0.6 is 0 Å². The highest BCUT2D eigenvalue weighted by Crippen LogP contribution is 2.45. The van der Waals surface area contributed by atoms with E-state index < -0.39 is 0 Å². The van der Waals surface area contributed by atoms with E-state index in [4.69, 9.17) is 4.98 Å². The van der Waals surface area contributed by atoms with Gasteiger partial charge in [-0.05, 0) is 48.5 Å². The summed E-state index contributed by atoms with van der Waals surface area (Å²) in [4.78, 5) is 9.41. The van der Waals surface area contributed by atoms with Gasteiger partial charge in [0.1, 0.15) is 5.65 Å². The average Bonchev–Trinajstić information content (AvgIpc) is 3.78. The molecule has 0 atom stereocenters. The van der Waals surface area contributed by atoms with Crippen molar-refractivity contribution in [3.05, 3.63) is 140 Å². The van der Waals surface area contributed by atoms with Gasteiger partial charge in [0.25, 0.3) is 0 Å². The SMILES string of the molecule is c1ccc(-n2c3ccccc3c3ccc4c5c6c7cnccc7n7ccnc7c6ccc5n(-c5ccccc5)c4c32)cc1. The van der Waals surface area contributed by atoms with Gasteiger partial charge in [0.15, 0.2) is 0 Å². The molecular formula is C38H23N5. The van der Waals surface area contributed by atoms with E-state index in [2.05, 4.69) is 134 Å². The standard InChI is InChI=1S/C38H23N5/c1-3-9-24(10-4-1)42-32-14-8-7-13-26(32)27-15-16-28-35-33(43(37(28)36(27)42)25-11-5-2-6-12-25)18-17-29-34(35)30-23-39-20-19-31(30)41-22-21-40-38(29)41/h1-23H. The molecule has 0 saturated heterocycles. The van der Waals surface area contributed by atoms with Gasteiger partial charge in [-0.25, -0.2) is 4.98 Å². The summed E-state index contributed by atoms with van der Waals surface area (Å²) in [6.45, 7) is 0. The highest BCUT2D eigenvalue weighted by atomic mass is 15.0. The van der Waals surface area contributed by atoms with Crippen LogP contribution in [0.1, 0.15) is 0 Å². The molecule has 5 aromatic carbocycles. The third-order valence-electron chi connectivity index (χ3n) is 8.96. The van der Waals surface area contributed by atoms with Crippen molar-refractivity contribution < 1.29 is 0 Å². The van der Waals surface area contributed by atoms with Crippen molar-refractivity contribution in [3.8, 4) is 11.4 Å². The van der Waals surface area contributed by atoms with E-state index in [1.807, 2.05) is 24.8 Å². The van der Waals surface area contributed by atoms with Crippen molar-refractivity contribution in [2.75, 3.05) is 0 Å². The molecule has 5 nitrogen and oxygen atoms in total. The zero-order chi connectivity index (χ0) is 28.1. The molecule has 0 aliphatic rings. The van der Waals surface area contributed by atoms with Crippen LogP contribution in [0.4, 0.5) is 0 Å². The maximum atomic E-state index is 4.81. The minimum Gasteiger partial charge on any atom is -0.307 e. The molecule has 0 bridgehead atoms. The summed E-state index contributed by atoms with van der Waals surface area (Å²) < 4.78 is 7.05. The second-order valence-electron chi connectivity index (χ2n) is 11.1. The molecule has 43 heavy (non-hydrogen) atoms. The molecule has 5 aromatic heterocycles. The van der Waals surface area contributed by atoms with E-state index in [9.17, 15) is 0 Å². The molecule has 0 aliphatic carbocycles. The Morgan fingerprint density at radius 2 is 1.12 bits per heavy atom. The van der Waals surface area contributed by atoms with Crippen LogP contribution in [0.2, 0.25) is 0 Å². The van der Waals surface area contributed by atoms with Crippen molar-refractivity contribution in [2.45, 2.75) is 0 Å². The normalized spacial score (nSPS) is 12.2. The van der Waals surface area contributed by atoms with Crippen molar-refractivity contribution in [2.24, 2.45) is 0 Å². The summed E-state index contributed by atoms with van der Waals surface area (Å²) in [5, 5.41) is 8.31. The van der Waals surface area contributed by atoms with Gasteiger partial charge in [0.05, 0.1) is 27.6 Å². The van der Waals surface area contributed by atoms with Crippen LogP contribution in [-0.2, 0) is 0 Å². The predicted octanol–water partition coefficient (Wildman–Crippen LogP) is 9.23. The number of para-hydroxylation sites is 3. The number of aromatic nitrogens is 5. The molecule has 0 unspecified atom stereocenters. The largest absolute Gasteiger partial charge is 0.307 e. The molecule has 10 aromatic rings. The van der Waals surface area contributed by atoms with Gasteiger partial charge < -0.3 is 9.13 Å². The molecule has 0 N–H and O–H groups in total. The van der Waals surface area contributed by atoms with Crippen molar-refractivity contribution >= 4 is 70.9 Å². The van der Waals surface area contributed by atoms with Crippen molar-refractivity contribution in [1.82, 2.24) is 23.5 Å². The second-order valence-corrected chi connectivity index (χ2v) is 11.1. The Hall–Kier alpha value is -5.94. The Bertz CT molecular complexity index is 2710. The lowest BCUT2D eigenvalue weighted by Gasteiger charge is -2.12. The third-order valence-corrected chi connectivity index (χ3v) is 8.96. The molecule has 0 amide bonds. The molecule has 0 radical (unpaired) electrons. The highest BCUT2D eigenvalue weighted by molar-refractivity contribution is 6.33. The van der Waals surface area contributed by atoms with Gasteiger partial charge in [-0.2, -0.15) is 0 Å². The Balaban J connectivity index is 1.54. The smallest absolute Gasteiger partial charge is 0.145 e. The first-order chi connectivity index (χ1) is 21.4. The topological polar surface area (TPSA) is 40.1 Å². The van der Waals surface area contributed by atoms with Crippen LogP contribution < -0.4 is 0 Å². The number of imidazole rings is 1. The minimum atomic E-state index is 0.954. The maximum Gasteiger partial charge on any atom is 0.145 e. The van der Waals surface area contributed by atoms with Gasteiger partial charge >= 0.3 is 0 Å². The van der Waals surface area contributed by atoms with E-state index in [1.54, 1.807) is 0 Å². The molecule has 10 rings (SSSR count). The lowest BCUT2D eigenvalue weighted by atomic mass is 10.0. The van der Waals surface area contributed by atoms with E-state index in [0.29, 0.717) is 0 Å². The second kappa shape index (κ2) is 8.30. The number of hydrogen-bond acceptors (Lipinski definition) is 2. The fourth-order valence-corrected chi connectivity index (χ4v) is 7.28. The molecule has 0 fully saturated rings. The number of nitrogens with zero attached hydrogens (tertiary/aromatic N) is 5. The minimum absolute atomic E-state index is 0.954. The molecule has 5 heterocycles. The van der Waals surface area contributed by atoms with Gasteiger partial charge in [-0.1, -0.05) is 66.7 Å². The zero-order valence-corrected chi connectivity index (χ0v) is 23.0. The van der Waals surface area contributed by atoms with Crippen LogP contribution in [0.5, 0.6) is 0 Å². The fraction of sp³-hybridized carbons (Fsp3) is 0. The first-order valence-electron chi connectivity index (χ1n) is 14.5. The van der Waals surface area contributed by atoms with Crippen LogP contribution in [0.25, 0.3) is 82.3 Å². The maximum absolute atomic E-state index is 4.81. The van der Waals surface area contributed by atoms with Crippen molar-refractivity contribution in [3.63, 3.8) is 0 Å². The van der Waals surface area contributed by atoms with E-state index in [-0.39, 0.29) is 0 Å². The number of pyridine rings is 2. The summed E-state index contributed by atoms with van der Waals surface area (Å²) in [6, 6.07) is 41.4. The van der Waals surface area contributed by atoms with Crippen LogP contribution in [0, 0.1) is 0 Å². The van der Waals surface area contributed by atoms with Crippen LogP contribution in [0.3, 0.4) is 0 Å². The molecule has 0 spiro atoms. The summed E-state index contributed by atoms with van der Waals surface area (Å²) in [7, 11) is 0. The lowest BCUT2D eigenvalue weighted by molar-refractivity contribution is 1.15. The molecule has 0 aliphatic heterocycles. The van der Waals surface area contributed by atoms with Gasteiger partial charge in [0.2, 0.25) is 0 Å². The van der Waals surface area contributed by atoms with Gasteiger partial charge in [-0.3, -0.25) is 9.38 Å². The first-order valence-corrected chi connectivity index (χ1v) is 14.5. The molecule has 0 saturated carbocycles. The Kier molecular flexibility index (Phi) is 4.39. The Labute approximate surface area is 245 Å². The quantitative estimate of drug-likeness (QED) is 0.202. The molecule has 200 valence electrons. The predicted molar refractivity (Wildman–Crippen MR) is 177 cm³/mol. The number of hydrogen-bond donors (Lipinski definition) is 0. The van der Waals surface area contributed by atoms with Crippen LogP contribution in [-0.4, -0.2) is 23.5 Å². The Morgan fingerprint density at radius 3 is 1.93 bits per heavy atom. The third kappa shape index (κ3) is 2.90. The number of rotatable bonds is 2. The summed E-state index contributed by atoms with van der Waals surface area (Å²) in [5.41, 5.74) is 9.06. The first kappa shape index (κ1) is 22.7. The lowest BCUT2D eigenvalue weighted by Crippen LogP contribution is -1.98.